The van der Waals surface area contributed by atoms with E-state index in [1.54, 1.807) is 0 Å². The zero-order valence-corrected chi connectivity index (χ0v) is 12.6. The van der Waals surface area contributed by atoms with E-state index in [9.17, 15) is 24.6 Å². The molecule has 4 N–H and O–H groups in total. The number of ether oxygens (including phenoxy) is 2. The molecule has 1 aromatic rings. The molecular formula is C12H14ClN3O7. The van der Waals surface area contributed by atoms with Gasteiger partial charge in [-0.05, 0) is 0 Å². The summed E-state index contributed by atoms with van der Waals surface area (Å²) < 4.78 is 10.9. The second-order valence-corrected chi connectivity index (χ2v) is 5.23. The van der Waals surface area contributed by atoms with Crippen LogP contribution in [0.2, 0.25) is 5.15 Å². The number of carbonyl (C=O) groups excluding carboxylic acids is 2. The number of nitrogens with two attached hydrogens (primary N) is 1. The molecule has 2 heterocycles. The monoisotopic (exact) mass is 347 g/mol. The quantitative estimate of drug-likeness (QED) is 0.538. The van der Waals surface area contributed by atoms with Gasteiger partial charge in [-0.25, -0.2) is 4.98 Å². The van der Waals surface area contributed by atoms with Crippen LogP contribution in [0.1, 0.15) is 23.6 Å². The van der Waals surface area contributed by atoms with E-state index < -0.39 is 47.7 Å². The topological polar surface area (TPSA) is 154 Å². The molecule has 11 heteroatoms. The molecule has 1 fully saturated rings. The van der Waals surface area contributed by atoms with Crippen LogP contribution in [0.4, 0.5) is 0 Å². The molecule has 10 nitrogen and oxygen atoms in total. The van der Waals surface area contributed by atoms with E-state index in [0.29, 0.717) is 0 Å². The van der Waals surface area contributed by atoms with Crippen molar-refractivity contribution >= 4 is 23.5 Å². The van der Waals surface area contributed by atoms with Crippen LogP contribution < -0.4 is 11.3 Å². The zero-order chi connectivity index (χ0) is 17.3. The molecule has 1 amide bonds. The summed E-state index contributed by atoms with van der Waals surface area (Å²) in [6.45, 7) is 0.849. The molecule has 0 radical (unpaired) electrons. The maximum atomic E-state index is 12.2. The zero-order valence-electron chi connectivity index (χ0n) is 11.9. The Kier molecular flexibility index (Phi) is 5.00. The third-order valence-corrected chi connectivity index (χ3v) is 3.38. The highest BCUT2D eigenvalue weighted by Crippen LogP contribution is 2.29. The lowest BCUT2D eigenvalue weighted by molar-refractivity contribution is -0.147. The van der Waals surface area contributed by atoms with E-state index in [1.165, 1.54) is 6.92 Å². The smallest absolute Gasteiger partial charge is 0.302 e. The molecule has 1 saturated heterocycles. The predicted molar refractivity (Wildman–Crippen MR) is 74.6 cm³/mol. The molecule has 1 aromatic heterocycles. The highest BCUT2D eigenvalue weighted by Gasteiger charge is 2.45. The third kappa shape index (κ3) is 3.50. The number of hydrogen-bond donors (Lipinski definition) is 3. The van der Waals surface area contributed by atoms with Gasteiger partial charge in [0.05, 0.1) is 0 Å². The summed E-state index contributed by atoms with van der Waals surface area (Å²) in [6.07, 6.45) is -4.32. The lowest BCUT2D eigenvalue weighted by Gasteiger charge is -2.18. The highest BCUT2D eigenvalue weighted by atomic mass is 35.5. The lowest BCUT2D eigenvalue weighted by Crippen LogP contribution is -2.38. The number of nitrogens with zero attached hydrogens (tertiary/aromatic N) is 2. The van der Waals surface area contributed by atoms with Gasteiger partial charge in [0, 0.05) is 13.1 Å². The summed E-state index contributed by atoms with van der Waals surface area (Å²) in [4.78, 5) is 37.7. The minimum absolute atomic E-state index is 0.230. The first-order valence-electron chi connectivity index (χ1n) is 6.45. The molecule has 1 aliphatic heterocycles. The number of primary amides is 1. The van der Waals surface area contributed by atoms with Gasteiger partial charge < -0.3 is 25.4 Å². The summed E-state index contributed by atoms with van der Waals surface area (Å²) in [7, 11) is 0. The second kappa shape index (κ2) is 6.62. The largest absolute Gasteiger partial charge is 0.463 e. The lowest BCUT2D eigenvalue weighted by atomic mass is 10.1. The molecule has 126 valence electrons. The Balaban J connectivity index is 2.34. The van der Waals surface area contributed by atoms with Crippen molar-refractivity contribution < 1.29 is 29.3 Å². The number of carbonyl (C=O) groups is 2. The maximum Gasteiger partial charge on any atom is 0.302 e. The van der Waals surface area contributed by atoms with Gasteiger partial charge in [-0.1, -0.05) is 11.6 Å². The van der Waals surface area contributed by atoms with Gasteiger partial charge in [0.15, 0.2) is 11.9 Å². The average Bonchev–Trinajstić information content (AvgIpc) is 2.75. The Morgan fingerprint density at radius 2 is 2.13 bits per heavy atom. The van der Waals surface area contributed by atoms with E-state index >= 15 is 0 Å². The summed E-state index contributed by atoms with van der Waals surface area (Å²) in [6, 6.07) is 0. The third-order valence-electron chi connectivity index (χ3n) is 3.20. The fourth-order valence-electron chi connectivity index (χ4n) is 2.12. The number of esters is 1. The molecule has 4 unspecified atom stereocenters. The Hall–Kier alpha value is -2.01. The van der Waals surface area contributed by atoms with Crippen molar-refractivity contribution in [3.05, 3.63) is 27.4 Å². The van der Waals surface area contributed by atoms with Crippen molar-refractivity contribution in [2.45, 2.75) is 31.5 Å². The number of halogens is 1. The van der Waals surface area contributed by atoms with E-state index in [-0.39, 0.29) is 11.8 Å². The van der Waals surface area contributed by atoms with Crippen molar-refractivity contribution in [2.24, 2.45) is 5.73 Å². The molecule has 23 heavy (non-hydrogen) atoms. The molecule has 0 aromatic carbocycles. The standard InChI is InChI=1S/C12H14ClN3O7/c1-4(17)22-3-5-8(18)9(19)12(23-5)16-2-6(13)15-7(10(14)20)11(16)21/h2,5,8-9,12,18-19H,3H2,1H3,(H2,14,20). The van der Waals surface area contributed by atoms with E-state index in [4.69, 9.17) is 26.8 Å². The molecule has 0 aliphatic carbocycles. The average molecular weight is 348 g/mol. The van der Waals surface area contributed by atoms with E-state index in [2.05, 4.69) is 4.98 Å². The molecular weight excluding hydrogens is 334 g/mol. The van der Waals surface area contributed by atoms with E-state index in [1.807, 2.05) is 0 Å². The van der Waals surface area contributed by atoms with Crippen LogP contribution in [0.25, 0.3) is 0 Å². The normalized spacial score (nSPS) is 27.0. The number of rotatable bonds is 4. The molecule has 0 saturated carbocycles. The molecule has 0 spiro atoms. The number of aliphatic hydroxyl groups is 2. The fraction of sp³-hybridized carbons (Fsp3) is 0.500. The van der Waals surface area contributed by atoms with Crippen LogP contribution in [-0.2, 0) is 14.3 Å². The van der Waals surface area contributed by atoms with Crippen LogP contribution in [0.3, 0.4) is 0 Å². The van der Waals surface area contributed by atoms with Crippen molar-refractivity contribution in [2.75, 3.05) is 6.61 Å². The molecule has 2 rings (SSSR count). The number of aromatic nitrogens is 2. The fourth-order valence-corrected chi connectivity index (χ4v) is 2.31. The maximum absolute atomic E-state index is 12.2. The van der Waals surface area contributed by atoms with Gasteiger partial charge in [-0.3, -0.25) is 19.0 Å². The molecule has 0 bridgehead atoms. The van der Waals surface area contributed by atoms with Crippen molar-refractivity contribution in [1.82, 2.24) is 9.55 Å². The van der Waals surface area contributed by atoms with Crippen molar-refractivity contribution in [3.8, 4) is 0 Å². The summed E-state index contributed by atoms with van der Waals surface area (Å²) in [5.41, 5.74) is 3.47. The Labute approximate surface area is 134 Å². The summed E-state index contributed by atoms with van der Waals surface area (Å²) in [5.74, 6) is -1.70. The number of hydrogen-bond acceptors (Lipinski definition) is 8. The van der Waals surface area contributed by atoms with Crippen LogP contribution in [-0.4, -0.2) is 56.6 Å². The Morgan fingerprint density at radius 3 is 2.70 bits per heavy atom. The minimum atomic E-state index is -1.52. The van der Waals surface area contributed by atoms with Gasteiger partial charge >= 0.3 is 5.97 Å². The van der Waals surface area contributed by atoms with Crippen molar-refractivity contribution in [1.29, 1.82) is 0 Å². The number of amides is 1. The van der Waals surface area contributed by atoms with Gasteiger partial charge in [-0.15, -0.1) is 0 Å². The second-order valence-electron chi connectivity index (χ2n) is 4.84. The van der Waals surface area contributed by atoms with Crippen LogP contribution in [0.15, 0.2) is 11.0 Å². The first kappa shape index (κ1) is 17.3. The van der Waals surface area contributed by atoms with Gasteiger partial charge in [-0.2, -0.15) is 0 Å². The van der Waals surface area contributed by atoms with Crippen LogP contribution in [0, 0.1) is 0 Å². The first-order chi connectivity index (χ1) is 10.7. The van der Waals surface area contributed by atoms with E-state index in [0.717, 1.165) is 10.8 Å². The van der Waals surface area contributed by atoms with Gasteiger partial charge in [0.1, 0.15) is 30.1 Å². The predicted octanol–water partition coefficient (Wildman–Crippen LogP) is -1.82. The Bertz CT molecular complexity index is 692. The number of aliphatic hydroxyl groups excluding tert-OH is 2. The molecule has 4 atom stereocenters. The highest BCUT2D eigenvalue weighted by molar-refractivity contribution is 6.29. The van der Waals surface area contributed by atoms with Crippen LogP contribution >= 0.6 is 11.6 Å². The Morgan fingerprint density at radius 1 is 1.48 bits per heavy atom. The summed E-state index contributed by atoms with van der Waals surface area (Å²) in [5, 5.41) is 19.7. The SMILES string of the molecule is CC(=O)OCC1OC(n2cc(Cl)nc(C(N)=O)c2=O)C(O)C1O. The van der Waals surface area contributed by atoms with Gasteiger partial charge in [0.2, 0.25) is 0 Å². The summed E-state index contributed by atoms with van der Waals surface area (Å²) >= 11 is 5.72. The van der Waals surface area contributed by atoms with Crippen LogP contribution in [0.5, 0.6) is 0 Å². The van der Waals surface area contributed by atoms with Crippen molar-refractivity contribution in [3.63, 3.8) is 0 Å². The first-order valence-corrected chi connectivity index (χ1v) is 6.83. The minimum Gasteiger partial charge on any atom is -0.463 e. The molecule has 1 aliphatic rings. The van der Waals surface area contributed by atoms with Gasteiger partial charge in [0.25, 0.3) is 11.5 Å².